The van der Waals surface area contributed by atoms with Crippen LogP contribution >= 0.6 is 23.1 Å². The minimum Gasteiger partial charge on any atom is -0.297 e. The summed E-state index contributed by atoms with van der Waals surface area (Å²) in [7, 11) is 0. The Labute approximate surface area is 99.7 Å². The molecule has 15 heavy (non-hydrogen) atoms. The van der Waals surface area contributed by atoms with Crippen molar-refractivity contribution in [2.45, 2.75) is 41.8 Å². The Balaban J connectivity index is 2.17. The van der Waals surface area contributed by atoms with E-state index in [1.165, 1.54) is 16.2 Å². The third-order valence-electron chi connectivity index (χ3n) is 2.61. The van der Waals surface area contributed by atoms with Crippen LogP contribution in [0.2, 0.25) is 0 Å². The first-order valence-corrected chi connectivity index (χ1v) is 6.93. The first-order chi connectivity index (χ1) is 7.20. The van der Waals surface area contributed by atoms with Crippen LogP contribution in [0.1, 0.15) is 31.9 Å². The molecule has 3 heteroatoms. The van der Waals surface area contributed by atoms with Crippen molar-refractivity contribution < 1.29 is 0 Å². The Kier molecular flexibility index (Phi) is 3.40. The Hall–Kier alpha value is -0.430. The third-order valence-corrected chi connectivity index (χ3v) is 4.95. The van der Waals surface area contributed by atoms with Gasteiger partial charge < -0.3 is 0 Å². The van der Waals surface area contributed by atoms with E-state index in [2.05, 4.69) is 29.6 Å². The summed E-state index contributed by atoms with van der Waals surface area (Å²) >= 11 is 3.82. The maximum Gasteiger partial charge on any atom is 0.0663 e. The second-order valence-corrected chi connectivity index (χ2v) is 6.56. The first-order valence-electron chi connectivity index (χ1n) is 5.17. The summed E-state index contributed by atoms with van der Waals surface area (Å²) in [5.41, 5.74) is 1.44. The van der Waals surface area contributed by atoms with Gasteiger partial charge in [0.15, 0.2) is 0 Å². The zero-order valence-electron chi connectivity index (χ0n) is 8.99. The van der Waals surface area contributed by atoms with Gasteiger partial charge in [0.1, 0.15) is 0 Å². The minimum absolute atomic E-state index is 0.151. The SMILES string of the molecule is C#CC(C)NC1C[C@H](C)Sc2sccc21. The Morgan fingerprint density at radius 2 is 2.47 bits per heavy atom. The van der Waals surface area contributed by atoms with E-state index >= 15 is 0 Å². The number of hydrogen-bond acceptors (Lipinski definition) is 3. The van der Waals surface area contributed by atoms with Crippen LogP contribution in [0.25, 0.3) is 0 Å². The fourth-order valence-corrected chi connectivity index (χ4v) is 4.42. The highest BCUT2D eigenvalue weighted by Crippen LogP contribution is 2.43. The predicted octanol–water partition coefficient (Wildman–Crippen LogP) is 3.28. The van der Waals surface area contributed by atoms with Gasteiger partial charge in [-0.25, -0.2) is 0 Å². The largest absolute Gasteiger partial charge is 0.297 e. The van der Waals surface area contributed by atoms with E-state index in [0.717, 1.165) is 0 Å². The van der Waals surface area contributed by atoms with Gasteiger partial charge >= 0.3 is 0 Å². The zero-order chi connectivity index (χ0) is 10.8. The highest BCUT2D eigenvalue weighted by atomic mass is 32.2. The number of thiophene rings is 1. The van der Waals surface area contributed by atoms with Crippen LogP contribution in [0.5, 0.6) is 0 Å². The van der Waals surface area contributed by atoms with Gasteiger partial charge in [-0.2, -0.15) is 0 Å². The van der Waals surface area contributed by atoms with Crippen molar-refractivity contribution in [3.63, 3.8) is 0 Å². The summed E-state index contributed by atoms with van der Waals surface area (Å²) in [5.74, 6) is 2.74. The summed E-state index contributed by atoms with van der Waals surface area (Å²) in [5, 5.41) is 6.35. The molecular formula is C12H15NS2. The van der Waals surface area contributed by atoms with E-state index in [4.69, 9.17) is 6.42 Å². The molecule has 0 radical (unpaired) electrons. The maximum absolute atomic E-state index is 5.40. The summed E-state index contributed by atoms with van der Waals surface area (Å²) in [6.45, 7) is 4.32. The average molecular weight is 237 g/mol. The lowest BCUT2D eigenvalue weighted by molar-refractivity contribution is 0.470. The van der Waals surface area contributed by atoms with Gasteiger partial charge in [-0.05, 0) is 30.4 Å². The quantitative estimate of drug-likeness (QED) is 0.792. The van der Waals surface area contributed by atoms with Gasteiger partial charge in [0.05, 0.1) is 10.3 Å². The Morgan fingerprint density at radius 3 is 3.20 bits per heavy atom. The van der Waals surface area contributed by atoms with Crippen LogP contribution in [0, 0.1) is 12.3 Å². The molecule has 0 saturated heterocycles. The Morgan fingerprint density at radius 1 is 1.67 bits per heavy atom. The van der Waals surface area contributed by atoms with Crippen molar-refractivity contribution in [3.05, 3.63) is 17.0 Å². The summed E-state index contributed by atoms with van der Waals surface area (Å²) in [6, 6.07) is 2.81. The summed E-state index contributed by atoms with van der Waals surface area (Å²) < 4.78 is 1.45. The molecule has 1 aliphatic rings. The molecule has 2 rings (SSSR count). The number of fused-ring (bicyclic) bond motifs is 1. The molecule has 0 saturated carbocycles. The molecule has 0 amide bonds. The molecule has 2 heterocycles. The van der Waals surface area contributed by atoms with Crippen LogP contribution in [0.4, 0.5) is 0 Å². The van der Waals surface area contributed by atoms with E-state index in [1.54, 1.807) is 0 Å². The van der Waals surface area contributed by atoms with Gasteiger partial charge in [0.2, 0.25) is 0 Å². The molecule has 0 spiro atoms. The molecule has 0 fully saturated rings. The standard InChI is InChI=1S/C12H15NS2/c1-4-8(2)13-11-7-9(3)15-12-10(11)5-6-14-12/h1,5-6,8-9,11,13H,7H2,2-3H3/t8?,9-,11?/m0/s1. The molecule has 1 aliphatic heterocycles. The maximum atomic E-state index is 5.40. The lowest BCUT2D eigenvalue weighted by Crippen LogP contribution is -2.32. The van der Waals surface area contributed by atoms with Crippen molar-refractivity contribution in [3.8, 4) is 12.3 Å². The molecular weight excluding hydrogens is 222 g/mol. The van der Waals surface area contributed by atoms with Gasteiger partial charge in [-0.3, -0.25) is 5.32 Å². The van der Waals surface area contributed by atoms with Gasteiger partial charge in [-0.1, -0.05) is 12.8 Å². The van der Waals surface area contributed by atoms with E-state index < -0.39 is 0 Å². The van der Waals surface area contributed by atoms with Gasteiger partial charge in [0.25, 0.3) is 0 Å². The van der Waals surface area contributed by atoms with Crippen molar-refractivity contribution in [1.29, 1.82) is 0 Å². The Bertz CT molecular complexity index is 377. The van der Waals surface area contributed by atoms with Crippen LogP contribution in [-0.2, 0) is 0 Å². The van der Waals surface area contributed by atoms with Crippen LogP contribution in [0.15, 0.2) is 15.7 Å². The second kappa shape index (κ2) is 4.61. The normalized spacial score (nSPS) is 26.7. The number of rotatable bonds is 2. The fraction of sp³-hybridized carbons (Fsp3) is 0.500. The smallest absolute Gasteiger partial charge is 0.0663 e. The van der Waals surface area contributed by atoms with Crippen molar-refractivity contribution >= 4 is 23.1 Å². The molecule has 1 nitrogen and oxygen atoms in total. The number of hydrogen-bond donors (Lipinski definition) is 1. The molecule has 1 N–H and O–H groups in total. The van der Waals surface area contributed by atoms with Crippen LogP contribution in [0.3, 0.4) is 0 Å². The monoisotopic (exact) mass is 237 g/mol. The van der Waals surface area contributed by atoms with Crippen molar-refractivity contribution in [2.24, 2.45) is 0 Å². The topological polar surface area (TPSA) is 12.0 Å². The number of terminal acetylenes is 1. The van der Waals surface area contributed by atoms with Gasteiger partial charge in [0, 0.05) is 11.3 Å². The van der Waals surface area contributed by atoms with Crippen molar-refractivity contribution in [1.82, 2.24) is 5.32 Å². The first kappa shape index (κ1) is 11.1. The molecule has 2 unspecified atom stereocenters. The molecule has 0 bridgehead atoms. The second-order valence-electron chi connectivity index (χ2n) is 3.94. The lowest BCUT2D eigenvalue weighted by atomic mass is 10.0. The molecule has 80 valence electrons. The number of nitrogens with one attached hydrogen (secondary N) is 1. The zero-order valence-corrected chi connectivity index (χ0v) is 10.6. The third kappa shape index (κ3) is 2.39. The highest BCUT2D eigenvalue weighted by molar-refractivity contribution is 8.01. The molecule has 3 atom stereocenters. The fourth-order valence-electron chi connectivity index (χ4n) is 1.86. The molecule has 0 aliphatic carbocycles. The van der Waals surface area contributed by atoms with Crippen molar-refractivity contribution in [2.75, 3.05) is 0 Å². The van der Waals surface area contributed by atoms with Crippen LogP contribution in [-0.4, -0.2) is 11.3 Å². The van der Waals surface area contributed by atoms with E-state index in [0.29, 0.717) is 11.3 Å². The van der Waals surface area contributed by atoms with E-state index in [9.17, 15) is 0 Å². The molecule has 1 aromatic rings. The molecule has 1 aromatic heterocycles. The molecule has 0 aromatic carbocycles. The summed E-state index contributed by atoms with van der Waals surface area (Å²) in [6.07, 6.45) is 6.57. The summed E-state index contributed by atoms with van der Waals surface area (Å²) in [4.78, 5) is 0. The number of thioether (sulfide) groups is 1. The predicted molar refractivity (Wildman–Crippen MR) is 68.4 cm³/mol. The highest BCUT2D eigenvalue weighted by Gasteiger charge is 2.26. The van der Waals surface area contributed by atoms with E-state index in [-0.39, 0.29) is 6.04 Å². The van der Waals surface area contributed by atoms with Gasteiger partial charge in [-0.15, -0.1) is 29.5 Å². The average Bonchev–Trinajstić information content (AvgIpc) is 2.65. The van der Waals surface area contributed by atoms with E-state index in [1.807, 2.05) is 30.0 Å². The lowest BCUT2D eigenvalue weighted by Gasteiger charge is -2.28. The van der Waals surface area contributed by atoms with Crippen LogP contribution < -0.4 is 5.32 Å². The minimum atomic E-state index is 0.151.